The number of hydrogen-bond donors (Lipinski definition) is 0. The van der Waals surface area contributed by atoms with Gasteiger partial charge in [0.05, 0.1) is 34.0 Å². The topological polar surface area (TPSA) is 22.8 Å². The summed E-state index contributed by atoms with van der Waals surface area (Å²) in [6, 6.07) is 35.0. The van der Waals surface area contributed by atoms with E-state index < -0.39 is 0 Å². The second kappa shape index (κ2) is 10.3. The number of aromatic nitrogens is 3. The van der Waals surface area contributed by atoms with Crippen molar-refractivity contribution < 1.29 is 0 Å². The van der Waals surface area contributed by atoms with Gasteiger partial charge in [0.15, 0.2) is 0 Å². The highest BCUT2D eigenvalue weighted by molar-refractivity contribution is 6.10. The first-order valence-electron chi connectivity index (χ1n) is 19.0. The first-order chi connectivity index (χ1) is 23.9. The van der Waals surface area contributed by atoms with Crippen LogP contribution >= 0.6 is 0 Å². The van der Waals surface area contributed by atoms with Crippen LogP contribution in [-0.2, 0) is 16.2 Å². The lowest BCUT2D eigenvalue weighted by Gasteiger charge is -2.57. The van der Waals surface area contributed by atoms with E-state index in [4.69, 9.17) is 4.98 Å². The third-order valence-corrected chi connectivity index (χ3v) is 13.0. The van der Waals surface area contributed by atoms with Gasteiger partial charge in [-0.2, -0.15) is 0 Å². The Balaban J connectivity index is 1.13. The molecule has 11 rings (SSSR count). The number of fused-ring (bicyclic) bond motifs is 6. The highest BCUT2D eigenvalue weighted by Gasteiger charge is 2.51. The van der Waals surface area contributed by atoms with Gasteiger partial charge >= 0.3 is 0 Å². The summed E-state index contributed by atoms with van der Waals surface area (Å²) in [5.41, 5.74) is 10.9. The molecule has 4 fully saturated rings. The van der Waals surface area contributed by atoms with Gasteiger partial charge in [-0.3, -0.25) is 4.57 Å². The Morgan fingerprint density at radius 2 is 1.10 bits per heavy atom. The number of para-hydroxylation sites is 1. The third-order valence-electron chi connectivity index (χ3n) is 13.0. The number of benzene rings is 4. The predicted molar refractivity (Wildman–Crippen MR) is 210 cm³/mol. The summed E-state index contributed by atoms with van der Waals surface area (Å²) in [6.45, 7) is 13.8. The zero-order chi connectivity index (χ0) is 34.2. The molecule has 0 N–H and O–H groups in total. The van der Waals surface area contributed by atoms with Crippen molar-refractivity contribution in [1.29, 1.82) is 0 Å². The third kappa shape index (κ3) is 4.51. The van der Waals surface area contributed by atoms with Crippen LogP contribution in [0.3, 0.4) is 0 Å². The molecule has 4 bridgehead atoms. The van der Waals surface area contributed by atoms with E-state index in [9.17, 15) is 0 Å². The van der Waals surface area contributed by atoms with Crippen LogP contribution in [-0.4, -0.2) is 14.1 Å². The number of pyridine rings is 1. The molecule has 0 atom stereocenters. The van der Waals surface area contributed by atoms with Crippen LogP contribution in [0.5, 0.6) is 0 Å². The maximum atomic E-state index is 5.25. The van der Waals surface area contributed by atoms with E-state index in [2.05, 4.69) is 148 Å². The minimum Gasteiger partial charge on any atom is -0.308 e. The molecule has 4 aromatic carbocycles. The lowest BCUT2D eigenvalue weighted by molar-refractivity contribution is -0.00513. The van der Waals surface area contributed by atoms with Crippen LogP contribution in [0.15, 0.2) is 97.2 Å². The van der Waals surface area contributed by atoms with Crippen LogP contribution in [0.1, 0.15) is 96.8 Å². The van der Waals surface area contributed by atoms with Gasteiger partial charge in [0.25, 0.3) is 0 Å². The Labute approximate surface area is 296 Å². The Hall–Kier alpha value is -4.37. The van der Waals surface area contributed by atoms with E-state index in [0.29, 0.717) is 5.41 Å². The van der Waals surface area contributed by atoms with Crippen LogP contribution in [0.2, 0.25) is 0 Å². The van der Waals surface area contributed by atoms with Gasteiger partial charge in [-0.1, -0.05) is 84.0 Å². The van der Waals surface area contributed by atoms with E-state index in [1.54, 1.807) is 5.56 Å². The maximum Gasteiger partial charge on any atom is 0.137 e. The summed E-state index contributed by atoms with van der Waals surface area (Å²) in [5, 5.41) is 5.24. The first kappa shape index (κ1) is 30.5. The lowest BCUT2D eigenvalue weighted by Crippen LogP contribution is -2.48. The summed E-state index contributed by atoms with van der Waals surface area (Å²) in [4.78, 5) is 5.25. The second-order valence-corrected chi connectivity index (χ2v) is 18.5. The number of rotatable bonds is 3. The smallest absolute Gasteiger partial charge is 0.137 e. The Bertz CT molecular complexity index is 2370. The highest BCUT2D eigenvalue weighted by Crippen LogP contribution is 2.61. The zero-order valence-corrected chi connectivity index (χ0v) is 30.6. The van der Waals surface area contributed by atoms with E-state index in [1.807, 2.05) is 0 Å². The van der Waals surface area contributed by atoms with E-state index in [0.717, 1.165) is 29.3 Å². The highest BCUT2D eigenvalue weighted by atomic mass is 15.1. The Morgan fingerprint density at radius 3 is 1.66 bits per heavy atom. The number of hydrogen-bond acceptors (Lipinski definition) is 1. The molecule has 0 amide bonds. The minimum absolute atomic E-state index is 0.0714. The van der Waals surface area contributed by atoms with Crippen molar-refractivity contribution in [2.45, 2.75) is 96.3 Å². The molecule has 252 valence electrons. The molecule has 0 saturated heterocycles. The fourth-order valence-corrected chi connectivity index (χ4v) is 10.9. The van der Waals surface area contributed by atoms with Crippen molar-refractivity contribution in [3.05, 3.63) is 114 Å². The molecule has 0 spiro atoms. The van der Waals surface area contributed by atoms with Gasteiger partial charge in [-0.15, -0.1) is 0 Å². The molecular formula is C47H49N3. The molecule has 3 heterocycles. The van der Waals surface area contributed by atoms with Crippen LogP contribution in [0.4, 0.5) is 0 Å². The normalized spacial score (nSPS) is 23.6. The minimum atomic E-state index is 0.0714. The zero-order valence-electron chi connectivity index (χ0n) is 30.6. The average Bonchev–Trinajstić information content (AvgIpc) is 3.59. The monoisotopic (exact) mass is 655 g/mol. The van der Waals surface area contributed by atoms with E-state index in [-0.39, 0.29) is 10.8 Å². The van der Waals surface area contributed by atoms with E-state index in [1.165, 1.54) is 93.3 Å². The quantitative estimate of drug-likeness (QED) is 0.186. The van der Waals surface area contributed by atoms with Gasteiger partial charge in [-0.05, 0) is 138 Å². The molecule has 3 nitrogen and oxygen atoms in total. The van der Waals surface area contributed by atoms with Gasteiger partial charge in [0, 0.05) is 21.5 Å². The van der Waals surface area contributed by atoms with E-state index >= 15 is 0 Å². The molecule has 4 saturated carbocycles. The Kier molecular flexibility index (Phi) is 6.30. The molecule has 4 aliphatic rings. The van der Waals surface area contributed by atoms with Crippen LogP contribution in [0.25, 0.3) is 55.1 Å². The maximum absolute atomic E-state index is 5.25. The predicted octanol–water partition coefficient (Wildman–Crippen LogP) is 12.3. The largest absolute Gasteiger partial charge is 0.308 e. The average molecular weight is 656 g/mol. The summed E-state index contributed by atoms with van der Waals surface area (Å²) in [7, 11) is 0. The van der Waals surface area contributed by atoms with Gasteiger partial charge in [-0.25, -0.2) is 4.98 Å². The van der Waals surface area contributed by atoms with Crippen molar-refractivity contribution in [3.63, 3.8) is 0 Å². The molecule has 0 unspecified atom stereocenters. The van der Waals surface area contributed by atoms with Gasteiger partial charge in [0.1, 0.15) is 5.82 Å². The fraction of sp³-hybridized carbons (Fsp3) is 0.383. The van der Waals surface area contributed by atoms with Crippen LogP contribution in [0, 0.1) is 17.8 Å². The van der Waals surface area contributed by atoms with Gasteiger partial charge in [0.2, 0.25) is 0 Å². The molecule has 0 radical (unpaired) electrons. The van der Waals surface area contributed by atoms with Crippen LogP contribution < -0.4 is 0 Å². The second-order valence-electron chi connectivity index (χ2n) is 18.5. The summed E-state index contributed by atoms with van der Waals surface area (Å²) >= 11 is 0. The summed E-state index contributed by atoms with van der Waals surface area (Å²) in [5.74, 6) is 3.75. The first-order valence-corrected chi connectivity index (χ1v) is 19.0. The van der Waals surface area contributed by atoms with Crippen molar-refractivity contribution >= 4 is 43.6 Å². The lowest BCUT2D eigenvalue weighted by atomic mass is 9.48. The van der Waals surface area contributed by atoms with Crippen molar-refractivity contribution in [2.24, 2.45) is 17.8 Å². The summed E-state index contributed by atoms with van der Waals surface area (Å²) in [6.07, 6.45) is 10.7. The molecule has 7 aromatic rings. The van der Waals surface area contributed by atoms with Crippen molar-refractivity contribution in [3.8, 4) is 11.5 Å². The SMILES string of the molecule is CC(C)(C)c1ccc2c(c1)c1cc(C(C)(C)C)ccc1n2-c1ccc(-n2c3ccccc3c3ccc(C45CC6CC(CC(C6)C4)C5)cc32)cn1. The summed E-state index contributed by atoms with van der Waals surface area (Å²) < 4.78 is 4.84. The van der Waals surface area contributed by atoms with Crippen molar-refractivity contribution in [2.75, 3.05) is 0 Å². The molecule has 3 heteroatoms. The molecule has 3 aromatic heterocycles. The molecule has 50 heavy (non-hydrogen) atoms. The standard InChI is InChI=1S/C47H49N3/c1-45(2,3)32-12-16-41-38(22-32)39-23-33(46(4,5)6)13-17-42(39)50(41)44-18-14-35(28-48-44)49-40-10-8-7-9-36(40)37-15-11-34(24-43(37)49)47-25-29-19-30(26-47)21-31(20-29)27-47/h7-18,22-24,28-31H,19-21,25-27H2,1-6H3. The molecule has 4 aliphatic carbocycles. The Morgan fingerprint density at radius 1 is 0.540 bits per heavy atom. The fourth-order valence-electron chi connectivity index (χ4n) is 10.9. The van der Waals surface area contributed by atoms with Gasteiger partial charge < -0.3 is 4.57 Å². The number of nitrogens with zero attached hydrogens (tertiary/aromatic N) is 3. The van der Waals surface area contributed by atoms with Crippen molar-refractivity contribution in [1.82, 2.24) is 14.1 Å². The molecule has 0 aliphatic heterocycles. The molecular weight excluding hydrogens is 607 g/mol.